The van der Waals surface area contributed by atoms with Crippen LogP contribution in [0, 0.1) is 0 Å². The third kappa shape index (κ3) is 2.91. The van der Waals surface area contributed by atoms with Gasteiger partial charge in [-0.1, -0.05) is 19.3 Å². The maximum absolute atomic E-state index is 4.09. The Kier molecular flexibility index (Phi) is 3.93. The molecule has 1 saturated heterocycles. The number of hydrogen-bond acceptors (Lipinski definition) is 4. The summed E-state index contributed by atoms with van der Waals surface area (Å²) in [5, 5.41) is 3.73. The first kappa shape index (κ1) is 12.1. The summed E-state index contributed by atoms with van der Waals surface area (Å²) in [5.41, 5.74) is 6.77. The van der Waals surface area contributed by atoms with Gasteiger partial charge in [-0.05, 0) is 25.7 Å². The highest BCUT2D eigenvalue weighted by molar-refractivity contribution is 4.84. The summed E-state index contributed by atoms with van der Waals surface area (Å²) in [5.74, 6) is 0. The van der Waals surface area contributed by atoms with Crippen LogP contribution in [0.3, 0.4) is 0 Å². The third-order valence-electron chi connectivity index (χ3n) is 4.08. The van der Waals surface area contributed by atoms with E-state index in [0.717, 1.165) is 12.8 Å². The number of imidazole rings is 1. The Balaban J connectivity index is 1.45. The van der Waals surface area contributed by atoms with Crippen LogP contribution in [0.15, 0.2) is 18.7 Å². The highest BCUT2D eigenvalue weighted by Gasteiger charge is 2.23. The first-order chi connectivity index (χ1) is 8.92. The Hall–Kier alpha value is -0.910. The molecule has 0 spiro atoms. The predicted molar refractivity (Wildman–Crippen MR) is 70.6 cm³/mol. The average molecular weight is 249 g/mol. The van der Waals surface area contributed by atoms with E-state index in [1.54, 1.807) is 0 Å². The Morgan fingerprint density at radius 1 is 1.06 bits per heavy atom. The van der Waals surface area contributed by atoms with Gasteiger partial charge >= 0.3 is 0 Å². The fourth-order valence-electron chi connectivity index (χ4n) is 3.02. The standard InChI is InChI=1S/C13H23N5/c1-2-4-11(5-3-1)15-12-6-7-13(17-16-12)18-9-8-14-10-18/h8-13,15-17H,1-7H2. The Labute approximate surface area is 108 Å². The molecule has 3 rings (SSSR count). The second-order valence-electron chi connectivity index (χ2n) is 5.45. The zero-order valence-electron chi connectivity index (χ0n) is 10.8. The highest BCUT2D eigenvalue weighted by Crippen LogP contribution is 2.20. The van der Waals surface area contributed by atoms with Crippen molar-refractivity contribution in [1.29, 1.82) is 0 Å². The lowest BCUT2D eigenvalue weighted by atomic mass is 9.95. The minimum atomic E-state index is 0.330. The van der Waals surface area contributed by atoms with Gasteiger partial charge < -0.3 is 4.57 Å². The summed E-state index contributed by atoms with van der Waals surface area (Å²) >= 11 is 0. The molecule has 1 aromatic heterocycles. The minimum absolute atomic E-state index is 0.330. The van der Waals surface area contributed by atoms with Gasteiger partial charge in [0.25, 0.3) is 0 Å². The highest BCUT2D eigenvalue weighted by atomic mass is 15.5. The molecule has 0 bridgehead atoms. The summed E-state index contributed by atoms with van der Waals surface area (Å²) in [7, 11) is 0. The van der Waals surface area contributed by atoms with Crippen LogP contribution in [0.2, 0.25) is 0 Å². The van der Waals surface area contributed by atoms with Crippen molar-refractivity contribution in [2.75, 3.05) is 0 Å². The summed E-state index contributed by atoms with van der Waals surface area (Å²) in [6.07, 6.45) is 15.6. The lowest BCUT2D eigenvalue weighted by Crippen LogP contribution is -2.57. The van der Waals surface area contributed by atoms with Gasteiger partial charge in [0.15, 0.2) is 0 Å². The molecule has 5 nitrogen and oxygen atoms in total. The molecule has 1 aliphatic heterocycles. The smallest absolute Gasteiger partial charge is 0.0975 e. The fraction of sp³-hybridized carbons (Fsp3) is 0.769. The number of hydrazine groups is 1. The first-order valence-corrected chi connectivity index (χ1v) is 7.16. The average Bonchev–Trinajstić information content (AvgIpc) is 2.95. The maximum atomic E-state index is 4.09. The minimum Gasteiger partial charge on any atom is -0.320 e. The van der Waals surface area contributed by atoms with Gasteiger partial charge in [0.05, 0.1) is 18.7 Å². The lowest BCUT2D eigenvalue weighted by molar-refractivity contribution is 0.179. The van der Waals surface area contributed by atoms with Gasteiger partial charge in [0.2, 0.25) is 0 Å². The Morgan fingerprint density at radius 2 is 1.94 bits per heavy atom. The molecule has 1 saturated carbocycles. The number of hydrogen-bond donors (Lipinski definition) is 3. The molecule has 0 radical (unpaired) electrons. The second-order valence-corrected chi connectivity index (χ2v) is 5.45. The van der Waals surface area contributed by atoms with E-state index in [1.165, 1.54) is 32.1 Å². The fourth-order valence-corrected chi connectivity index (χ4v) is 3.02. The molecule has 2 fully saturated rings. The third-order valence-corrected chi connectivity index (χ3v) is 4.08. The van der Waals surface area contributed by atoms with Crippen LogP contribution in [0.25, 0.3) is 0 Å². The normalized spacial score (nSPS) is 30.4. The van der Waals surface area contributed by atoms with E-state index in [1.807, 2.05) is 18.7 Å². The van der Waals surface area contributed by atoms with Crippen LogP contribution in [0.1, 0.15) is 51.1 Å². The molecule has 2 atom stereocenters. The second kappa shape index (κ2) is 5.82. The van der Waals surface area contributed by atoms with Crippen molar-refractivity contribution in [3.63, 3.8) is 0 Å². The Morgan fingerprint density at radius 3 is 2.61 bits per heavy atom. The molecule has 1 aromatic rings. The molecular weight excluding hydrogens is 226 g/mol. The summed E-state index contributed by atoms with van der Waals surface area (Å²) in [6, 6.07) is 0.711. The molecule has 1 aliphatic carbocycles. The van der Waals surface area contributed by atoms with Crippen molar-refractivity contribution >= 4 is 0 Å². The van der Waals surface area contributed by atoms with Crippen LogP contribution in [-0.4, -0.2) is 21.8 Å². The quantitative estimate of drug-likeness (QED) is 0.760. The molecule has 0 amide bonds. The Bertz CT molecular complexity index is 336. The zero-order chi connectivity index (χ0) is 12.2. The first-order valence-electron chi connectivity index (χ1n) is 7.16. The van der Waals surface area contributed by atoms with Crippen molar-refractivity contribution < 1.29 is 0 Å². The number of nitrogens with one attached hydrogen (secondary N) is 3. The van der Waals surface area contributed by atoms with E-state index < -0.39 is 0 Å². The summed E-state index contributed by atoms with van der Waals surface area (Å²) in [6.45, 7) is 0. The van der Waals surface area contributed by atoms with E-state index in [4.69, 9.17) is 0 Å². The van der Waals surface area contributed by atoms with Crippen LogP contribution in [-0.2, 0) is 0 Å². The SMILES string of the molecule is c1cn(C2CCC(NC3CCCCC3)NN2)cn1. The van der Waals surface area contributed by atoms with Crippen molar-refractivity contribution in [3.8, 4) is 0 Å². The van der Waals surface area contributed by atoms with E-state index >= 15 is 0 Å². The van der Waals surface area contributed by atoms with Crippen LogP contribution in [0.5, 0.6) is 0 Å². The summed E-state index contributed by atoms with van der Waals surface area (Å²) < 4.78 is 2.11. The van der Waals surface area contributed by atoms with E-state index in [2.05, 4.69) is 25.7 Å². The van der Waals surface area contributed by atoms with Gasteiger partial charge in [0.1, 0.15) is 0 Å². The van der Waals surface area contributed by atoms with Crippen molar-refractivity contribution in [2.45, 2.75) is 63.3 Å². The number of nitrogens with zero attached hydrogens (tertiary/aromatic N) is 2. The van der Waals surface area contributed by atoms with Gasteiger partial charge in [0, 0.05) is 18.4 Å². The van der Waals surface area contributed by atoms with E-state index in [9.17, 15) is 0 Å². The molecule has 3 N–H and O–H groups in total. The molecule has 2 aliphatic rings. The number of aromatic nitrogens is 2. The molecule has 0 aromatic carbocycles. The van der Waals surface area contributed by atoms with E-state index in [0.29, 0.717) is 18.4 Å². The van der Waals surface area contributed by atoms with Crippen molar-refractivity contribution in [1.82, 2.24) is 25.7 Å². The zero-order valence-corrected chi connectivity index (χ0v) is 10.8. The van der Waals surface area contributed by atoms with Gasteiger partial charge in [-0.15, -0.1) is 0 Å². The monoisotopic (exact) mass is 249 g/mol. The molecule has 100 valence electrons. The molecule has 2 unspecified atom stereocenters. The van der Waals surface area contributed by atoms with Crippen LogP contribution < -0.4 is 16.2 Å². The van der Waals surface area contributed by atoms with E-state index in [-0.39, 0.29) is 0 Å². The predicted octanol–water partition coefficient (Wildman–Crippen LogP) is 1.52. The maximum Gasteiger partial charge on any atom is 0.0975 e. The molecule has 18 heavy (non-hydrogen) atoms. The molecule has 2 heterocycles. The number of rotatable bonds is 3. The van der Waals surface area contributed by atoms with Crippen LogP contribution >= 0.6 is 0 Å². The van der Waals surface area contributed by atoms with Crippen molar-refractivity contribution in [2.24, 2.45) is 0 Å². The van der Waals surface area contributed by atoms with Gasteiger partial charge in [-0.25, -0.2) is 15.8 Å². The summed E-state index contributed by atoms with van der Waals surface area (Å²) in [4.78, 5) is 4.09. The molecular formula is C13H23N5. The van der Waals surface area contributed by atoms with Gasteiger partial charge in [-0.3, -0.25) is 5.32 Å². The molecule has 5 heteroatoms. The van der Waals surface area contributed by atoms with Crippen molar-refractivity contribution in [3.05, 3.63) is 18.7 Å². The topological polar surface area (TPSA) is 53.9 Å². The largest absolute Gasteiger partial charge is 0.320 e. The van der Waals surface area contributed by atoms with Crippen LogP contribution in [0.4, 0.5) is 0 Å². The lowest BCUT2D eigenvalue weighted by Gasteiger charge is -2.35. The van der Waals surface area contributed by atoms with Gasteiger partial charge in [-0.2, -0.15) is 0 Å².